The van der Waals surface area contributed by atoms with Crippen LogP contribution in [0.4, 0.5) is 13.2 Å². The fraction of sp³-hybridized carbons (Fsp3) is 0.294. The second kappa shape index (κ2) is 9.08. The summed E-state index contributed by atoms with van der Waals surface area (Å²) in [6.07, 6.45) is -2.30. The molecule has 156 valence electrons. The van der Waals surface area contributed by atoms with Crippen LogP contribution in [-0.4, -0.2) is 42.1 Å². The van der Waals surface area contributed by atoms with Gasteiger partial charge in [0.1, 0.15) is 6.54 Å². The fourth-order valence-electron chi connectivity index (χ4n) is 2.18. The van der Waals surface area contributed by atoms with Crippen LogP contribution in [0.1, 0.15) is 18.2 Å². The third-order valence-electron chi connectivity index (χ3n) is 3.37. The van der Waals surface area contributed by atoms with Crippen molar-refractivity contribution in [3.63, 3.8) is 0 Å². The van der Waals surface area contributed by atoms with Crippen molar-refractivity contribution < 1.29 is 37.0 Å². The molecule has 1 heterocycles. The maximum absolute atomic E-state index is 12.5. The number of amides is 1. The Balaban J connectivity index is 2.06. The summed E-state index contributed by atoms with van der Waals surface area (Å²) >= 11 is 0. The molecule has 1 N–H and O–H groups in total. The highest BCUT2D eigenvalue weighted by Crippen LogP contribution is 2.38. The van der Waals surface area contributed by atoms with Crippen molar-refractivity contribution in [2.45, 2.75) is 19.6 Å². The average molecular weight is 414 g/mol. The van der Waals surface area contributed by atoms with Gasteiger partial charge in [0.15, 0.2) is 17.2 Å². The van der Waals surface area contributed by atoms with Crippen LogP contribution in [0.15, 0.2) is 29.5 Å². The number of alkyl halides is 3. The molecule has 1 aromatic carbocycles. The Labute approximate surface area is 163 Å². The first-order valence-electron chi connectivity index (χ1n) is 8.01. The molecule has 2 aromatic rings. The van der Waals surface area contributed by atoms with E-state index >= 15 is 0 Å². The molecular weight excluding hydrogens is 397 g/mol. The molecule has 0 aliphatic carbocycles. The molecule has 0 saturated heterocycles. The number of aromatic nitrogens is 2. The Morgan fingerprint density at radius 1 is 1.24 bits per heavy atom. The van der Waals surface area contributed by atoms with E-state index in [1.807, 2.05) is 0 Å². The van der Waals surface area contributed by atoms with E-state index in [2.05, 4.69) is 15.6 Å². The lowest BCUT2D eigenvalue weighted by molar-refractivity contribution is -0.141. The van der Waals surface area contributed by atoms with E-state index in [0.29, 0.717) is 5.56 Å². The predicted molar refractivity (Wildman–Crippen MR) is 93.8 cm³/mol. The van der Waals surface area contributed by atoms with Gasteiger partial charge in [-0.05, 0) is 18.2 Å². The first kappa shape index (κ1) is 21.7. The third kappa shape index (κ3) is 5.96. The number of esters is 1. The molecule has 9 nitrogen and oxygen atoms in total. The van der Waals surface area contributed by atoms with Gasteiger partial charge in [0.25, 0.3) is 5.91 Å². The van der Waals surface area contributed by atoms with E-state index in [-0.39, 0.29) is 17.2 Å². The van der Waals surface area contributed by atoms with Crippen LogP contribution in [0.2, 0.25) is 0 Å². The molecular formula is C17H17F3N4O5. The van der Waals surface area contributed by atoms with Crippen molar-refractivity contribution >= 4 is 18.1 Å². The SMILES string of the molecule is COc1cc(/C=N\NC(=O)Cn2ccc(C(F)(F)F)n2)cc(OC)c1OC(C)=O. The normalized spacial score (nSPS) is 11.4. The summed E-state index contributed by atoms with van der Waals surface area (Å²) in [5.41, 5.74) is 1.51. The summed E-state index contributed by atoms with van der Waals surface area (Å²) in [7, 11) is 2.73. The van der Waals surface area contributed by atoms with Gasteiger partial charge >= 0.3 is 12.1 Å². The highest BCUT2D eigenvalue weighted by molar-refractivity contribution is 5.85. The van der Waals surface area contributed by atoms with Gasteiger partial charge < -0.3 is 14.2 Å². The van der Waals surface area contributed by atoms with Crippen molar-refractivity contribution in [1.29, 1.82) is 0 Å². The molecule has 2 rings (SSSR count). The summed E-state index contributed by atoms with van der Waals surface area (Å²) in [6.45, 7) is 0.770. The summed E-state index contributed by atoms with van der Waals surface area (Å²) in [4.78, 5) is 23.0. The van der Waals surface area contributed by atoms with Gasteiger partial charge in [-0.1, -0.05) is 0 Å². The third-order valence-corrected chi connectivity index (χ3v) is 3.37. The second-order valence-electron chi connectivity index (χ2n) is 5.54. The van der Waals surface area contributed by atoms with E-state index in [1.165, 1.54) is 39.5 Å². The monoisotopic (exact) mass is 414 g/mol. The highest BCUT2D eigenvalue weighted by atomic mass is 19.4. The number of nitrogens with zero attached hydrogens (tertiary/aromatic N) is 3. The zero-order valence-electron chi connectivity index (χ0n) is 15.6. The largest absolute Gasteiger partial charge is 0.493 e. The minimum atomic E-state index is -4.59. The number of hydrazone groups is 1. The van der Waals surface area contributed by atoms with Gasteiger partial charge in [0, 0.05) is 18.7 Å². The van der Waals surface area contributed by atoms with Gasteiger partial charge in [-0.25, -0.2) is 5.43 Å². The highest BCUT2D eigenvalue weighted by Gasteiger charge is 2.33. The molecule has 0 aliphatic heterocycles. The maximum atomic E-state index is 12.5. The van der Waals surface area contributed by atoms with E-state index in [1.54, 1.807) is 0 Å². The number of halogens is 3. The minimum Gasteiger partial charge on any atom is -0.493 e. The van der Waals surface area contributed by atoms with Crippen LogP contribution < -0.4 is 19.6 Å². The van der Waals surface area contributed by atoms with Crippen molar-refractivity contribution in [2.24, 2.45) is 5.10 Å². The van der Waals surface area contributed by atoms with Crippen LogP contribution in [-0.2, 0) is 22.3 Å². The number of methoxy groups -OCH3 is 2. The topological polar surface area (TPSA) is 104 Å². The molecule has 0 radical (unpaired) electrons. The number of carbonyl (C=O) groups excluding carboxylic acids is 2. The second-order valence-corrected chi connectivity index (χ2v) is 5.54. The number of benzene rings is 1. The molecule has 0 aliphatic rings. The lowest BCUT2D eigenvalue weighted by Gasteiger charge is -2.13. The van der Waals surface area contributed by atoms with E-state index in [9.17, 15) is 22.8 Å². The number of hydrogen-bond donors (Lipinski definition) is 1. The van der Waals surface area contributed by atoms with Gasteiger partial charge in [0.2, 0.25) is 5.75 Å². The van der Waals surface area contributed by atoms with Crippen molar-refractivity contribution in [3.8, 4) is 17.2 Å². The fourth-order valence-corrected chi connectivity index (χ4v) is 2.18. The molecule has 0 saturated carbocycles. The summed E-state index contributed by atoms with van der Waals surface area (Å²) < 4.78 is 53.7. The van der Waals surface area contributed by atoms with Crippen LogP contribution in [0.25, 0.3) is 0 Å². The molecule has 0 bridgehead atoms. The number of hydrogen-bond acceptors (Lipinski definition) is 7. The number of carbonyl (C=O) groups is 2. The minimum absolute atomic E-state index is 0.0860. The Morgan fingerprint density at radius 2 is 1.86 bits per heavy atom. The van der Waals surface area contributed by atoms with E-state index in [4.69, 9.17) is 14.2 Å². The molecule has 1 aromatic heterocycles. The molecule has 0 unspecified atom stereocenters. The van der Waals surface area contributed by atoms with E-state index < -0.39 is 30.3 Å². The van der Waals surface area contributed by atoms with Gasteiger partial charge in [-0.15, -0.1) is 0 Å². The zero-order valence-corrected chi connectivity index (χ0v) is 15.6. The average Bonchev–Trinajstić information content (AvgIpc) is 3.10. The van der Waals surface area contributed by atoms with Crippen molar-refractivity contribution in [2.75, 3.05) is 14.2 Å². The molecule has 0 atom stereocenters. The number of ether oxygens (including phenoxy) is 3. The van der Waals surface area contributed by atoms with Crippen LogP contribution in [0.5, 0.6) is 17.2 Å². The Hall–Kier alpha value is -3.57. The molecule has 0 spiro atoms. The van der Waals surface area contributed by atoms with Crippen LogP contribution in [0, 0.1) is 0 Å². The Bertz CT molecular complexity index is 899. The molecule has 12 heteroatoms. The summed E-state index contributed by atoms with van der Waals surface area (Å²) in [5.74, 6) is -0.772. The zero-order chi connectivity index (χ0) is 21.6. The standard InChI is InChI=1S/C17H17F3N4O5/c1-10(25)29-16-12(27-2)6-11(7-13(16)28-3)8-21-22-15(26)9-24-5-4-14(23-24)17(18,19)20/h4-8H,9H2,1-3H3,(H,22,26)/b21-8-. The quantitative estimate of drug-likeness (QED) is 0.322. The van der Waals surface area contributed by atoms with Crippen LogP contribution in [0.3, 0.4) is 0 Å². The summed E-state index contributed by atoms with van der Waals surface area (Å²) in [5, 5.41) is 7.00. The first-order valence-corrected chi connectivity index (χ1v) is 8.01. The molecule has 1 amide bonds. The van der Waals surface area contributed by atoms with Gasteiger partial charge in [-0.3, -0.25) is 14.3 Å². The van der Waals surface area contributed by atoms with Gasteiger partial charge in [-0.2, -0.15) is 23.4 Å². The predicted octanol–water partition coefficient (Wildman–Crippen LogP) is 1.99. The van der Waals surface area contributed by atoms with E-state index in [0.717, 1.165) is 16.9 Å². The smallest absolute Gasteiger partial charge is 0.435 e. The lowest BCUT2D eigenvalue weighted by Crippen LogP contribution is -2.23. The maximum Gasteiger partial charge on any atom is 0.435 e. The van der Waals surface area contributed by atoms with Gasteiger partial charge in [0.05, 0.1) is 20.4 Å². The number of nitrogens with one attached hydrogen (secondary N) is 1. The Morgan fingerprint density at radius 3 is 2.34 bits per heavy atom. The molecule has 29 heavy (non-hydrogen) atoms. The van der Waals surface area contributed by atoms with Crippen LogP contribution >= 0.6 is 0 Å². The Kier molecular flexibility index (Phi) is 6.80. The summed E-state index contributed by atoms with van der Waals surface area (Å²) in [6, 6.07) is 3.74. The number of rotatable bonds is 7. The van der Waals surface area contributed by atoms with Crippen molar-refractivity contribution in [3.05, 3.63) is 35.7 Å². The first-order chi connectivity index (χ1) is 13.6. The molecule has 0 fully saturated rings. The lowest BCUT2D eigenvalue weighted by atomic mass is 10.2. The van der Waals surface area contributed by atoms with Crippen molar-refractivity contribution in [1.82, 2.24) is 15.2 Å².